The molecule has 0 fully saturated rings. The number of hydrogen-bond donors (Lipinski definition) is 0. The van der Waals surface area contributed by atoms with E-state index in [0.717, 1.165) is 29.6 Å². The summed E-state index contributed by atoms with van der Waals surface area (Å²) in [5.41, 5.74) is 9.27. The summed E-state index contributed by atoms with van der Waals surface area (Å²) >= 11 is 1.40. The lowest BCUT2D eigenvalue weighted by Crippen LogP contribution is -2.38. The number of rotatable bonds is 16. The van der Waals surface area contributed by atoms with Crippen molar-refractivity contribution < 1.29 is 18.8 Å². The molecule has 0 aliphatic carbocycles. The fraction of sp³-hybridized carbons (Fsp3) is 0.792. The summed E-state index contributed by atoms with van der Waals surface area (Å²) < 4.78 is 11.7. The molecule has 0 N–H and O–H groups in total. The van der Waals surface area contributed by atoms with Gasteiger partial charge in [-0.1, -0.05) is 60.0 Å². The average molecular weight is 511 g/mol. The maximum absolute atomic E-state index is 13.2. The molecule has 0 aliphatic heterocycles. The van der Waals surface area contributed by atoms with Crippen LogP contribution in [0.15, 0.2) is 10.5 Å². The lowest BCUT2D eigenvalue weighted by atomic mass is 9.82. The smallest absolute Gasteiger partial charge is 0.357 e. The molecule has 1 unspecified atom stereocenters. The summed E-state index contributed by atoms with van der Waals surface area (Å²) in [6.07, 6.45) is 1.41. The molecular formula is C24H42N4O4SSi. The van der Waals surface area contributed by atoms with Crippen LogP contribution in [-0.4, -0.2) is 38.2 Å². The monoisotopic (exact) mass is 510 g/mol. The standard InChI is InChI=1S/C24H42N4O4SSi/c1-9-17(7)22(27-28-25)20(29)13-18(16(5)6)14-21(32-34(10-2,11-3)12-4)23-26-19(15-33-23)24(30)31-8/h15-18,21-22H,9-14H2,1-8H3/t17?,18-,21+,22+/m1/s1. The molecule has 0 aromatic carbocycles. The molecule has 0 spiro atoms. The second kappa shape index (κ2) is 14.6. The molecule has 0 saturated carbocycles. The molecule has 0 radical (unpaired) electrons. The summed E-state index contributed by atoms with van der Waals surface area (Å²) in [5, 5.41) is 6.28. The number of azide groups is 1. The first kappa shape index (κ1) is 30.3. The third-order valence-electron chi connectivity index (χ3n) is 7.13. The van der Waals surface area contributed by atoms with Crippen LogP contribution in [0.1, 0.15) is 89.3 Å². The van der Waals surface area contributed by atoms with Crippen molar-refractivity contribution in [2.75, 3.05) is 7.11 Å². The summed E-state index contributed by atoms with van der Waals surface area (Å²) in [4.78, 5) is 32.7. The first-order chi connectivity index (χ1) is 16.1. The van der Waals surface area contributed by atoms with Crippen LogP contribution in [-0.2, 0) is 14.0 Å². The van der Waals surface area contributed by atoms with E-state index in [1.807, 2.05) is 13.8 Å². The summed E-state index contributed by atoms with van der Waals surface area (Å²) in [5.74, 6) is -0.248. The van der Waals surface area contributed by atoms with E-state index >= 15 is 0 Å². The lowest BCUT2D eigenvalue weighted by molar-refractivity contribution is -0.122. The van der Waals surface area contributed by atoms with Gasteiger partial charge in [0.25, 0.3) is 0 Å². The van der Waals surface area contributed by atoms with Crippen LogP contribution >= 0.6 is 11.3 Å². The van der Waals surface area contributed by atoms with E-state index in [2.05, 4.69) is 49.6 Å². The molecule has 4 atom stereocenters. The maximum Gasteiger partial charge on any atom is 0.357 e. The van der Waals surface area contributed by atoms with Crippen LogP contribution in [0, 0.1) is 17.8 Å². The maximum atomic E-state index is 13.2. The largest absolute Gasteiger partial charge is 0.464 e. The summed E-state index contributed by atoms with van der Waals surface area (Å²) in [7, 11) is -0.647. The molecule has 8 nitrogen and oxygen atoms in total. The van der Waals surface area contributed by atoms with Crippen molar-refractivity contribution in [2.45, 2.75) is 98.0 Å². The molecule has 34 heavy (non-hydrogen) atoms. The van der Waals surface area contributed by atoms with Gasteiger partial charge >= 0.3 is 5.97 Å². The van der Waals surface area contributed by atoms with Crippen molar-refractivity contribution in [3.8, 4) is 0 Å². The summed E-state index contributed by atoms with van der Waals surface area (Å²) in [6, 6.07) is 2.31. The Balaban J connectivity index is 3.30. The van der Waals surface area contributed by atoms with Crippen molar-refractivity contribution in [1.82, 2.24) is 4.98 Å². The van der Waals surface area contributed by atoms with Crippen molar-refractivity contribution in [3.05, 3.63) is 26.5 Å². The molecule has 0 bridgehead atoms. The van der Waals surface area contributed by atoms with Gasteiger partial charge in [-0.3, -0.25) is 4.79 Å². The van der Waals surface area contributed by atoms with E-state index in [1.54, 1.807) is 5.38 Å². The Labute approximate surface area is 209 Å². The number of thiazole rings is 1. The van der Waals surface area contributed by atoms with Crippen molar-refractivity contribution in [3.63, 3.8) is 0 Å². The third-order valence-corrected chi connectivity index (χ3v) is 12.7. The molecule has 1 aromatic rings. The number of aromatic nitrogens is 1. The van der Waals surface area contributed by atoms with Gasteiger partial charge in [0.05, 0.1) is 19.3 Å². The Morgan fingerprint density at radius 1 is 1.18 bits per heavy atom. The Bertz CT molecular complexity index is 828. The van der Waals surface area contributed by atoms with Gasteiger partial charge in [-0.05, 0) is 47.8 Å². The van der Waals surface area contributed by atoms with Gasteiger partial charge in [0.15, 0.2) is 14.0 Å². The van der Waals surface area contributed by atoms with E-state index < -0.39 is 20.3 Å². The second-order valence-corrected chi connectivity index (χ2v) is 15.0. The minimum absolute atomic E-state index is 0.00910. The fourth-order valence-electron chi connectivity index (χ4n) is 4.15. The van der Waals surface area contributed by atoms with E-state index in [4.69, 9.17) is 14.7 Å². The fourth-order valence-corrected chi connectivity index (χ4v) is 7.88. The van der Waals surface area contributed by atoms with Crippen LogP contribution in [0.3, 0.4) is 0 Å². The minimum Gasteiger partial charge on any atom is -0.464 e. The Morgan fingerprint density at radius 2 is 1.79 bits per heavy atom. The molecule has 1 rings (SSSR count). The highest BCUT2D eigenvalue weighted by molar-refractivity contribution is 7.09. The van der Waals surface area contributed by atoms with Gasteiger partial charge < -0.3 is 9.16 Å². The number of hydrogen-bond acceptors (Lipinski definition) is 7. The number of methoxy groups -OCH3 is 1. The van der Waals surface area contributed by atoms with Gasteiger partial charge in [-0.15, -0.1) is 11.3 Å². The topological polar surface area (TPSA) is 114 Å². The number of ketones is 1. The molecule has 0 amide bonds. The number of carbonyl (C=O) groups excluding carboxylic acids is 2. The predicted molar refractivity (Wildman–Crippen MR) is 139 cm³/mol. The minimum atomic E-state index is -1.99. The van der Waals surface area contributed by atoms with Gasteiger partial charge in [0.1, 0.15) is 10.8 Å². The normalized spacial score (nSPS) is 15.3. The van der Waals surface area contributed by atoms with Gasteiger partial charge in [0, 0.05) is 16.7 Å². The number of nitrogens with zero attached hydrogens (tertiary/aromatic N) is 4. The molecule has 1 heterocycles. The van der Waals surface area contributed by atoms with Crippen LogP contribution in [0.2, 0.25) is 18.1 Å². The molecule has 192 valence electrons. The van der Waals surface area contributed by atoms with E-state index in [1.165, 1.54) is 18.4 Å². The van der Waals surface area contributed by atoms with E-state index in [9.17, 15) is 9.59 Å². The molecule has 0 saturated heterocycles. The first-order valence-corrected chi connectivity index (χ1v) is 15.8. The highest BCUT2D eigenvalue weighted by atomic mass is 32.1. The van der Waals surface area contributed by atoms with Crippen LogP contribution in [0.25, 0.3) is 10.4 Å². The Kier molecular flexibility index (Phi) is 13.0. The van der Waals surface area contributed by atoms with Gasteiger partial charge in [0.2, 0.25) is 0 Å². The Hall–Kier alpha value is -1.74. The molecule has 10 heteroatoms. The molecular weight excluding hydrogens is 468 g/mol. The third kappa shape index (κ3) is 8.18. The van der Waals surface area contributed by atoms with Crippen LogP contribution in [0.5, 0.6) is 0 Å². The van der Waals surface area contributed by atoms with E-state index in [0.29, 0.717) is 12.8 Å². The van der Waals surface area contributed by atoms with Crippen molar-refractivity contribution in [2.24, 2.45) is 22.9 Å². The quantitative estimate of drug-likeness (QED) is 0.0758. The zero-order chi connectivity index (χ0) is 25.9. The average Bonchev–Trinajstić information content (AvgIpc) is 3.33. The second-order valence-electron chi connectivity index (χ2n) is 9.36. The molecule has 0 aliphatic rings. The van der Waals surface area contributed by atoms with Gasteiger partial charge in [-0.25, -0.2) is 9.78 Å². The predicted octanol–water partition coefficient (Wildman–Crippen LogP) is 7.34. The highest BCUT2D eigenvalue weighted by Gasteiger charge is 2.36. The highest BCUT2D eigenvalue weighted by Crippen LogP contribution is 2.38. The molecule has 1 aromatic heterocycles. The Morgan fingerprint density at radius 3 is 2.26 bits per heavy atom. The number of ether oxygens (including phenoxy) is 1. The number of Topliss-reactive ketones (excluding diaryl/α,β-unsaturated/α-hetero) is 1. The zero-order valence-corrected chi connectivity index (χ0v) is 23.9. The van der Waals surface area contributed by atoms with Crippen LogP contribution in [0.4, 0.5) is 0 Å². The zero-order valence-electron chi connectivity index (χ0n) is 22.0. The van der Waals surface area contributed by atoms with Crippen LogP contribution < -0.4 is 0 Å². The number of carbonyl (C=O) groups is 2. The first-order valence-electron chi connectivity index (χ1n) is 12.4. The van der Waals surface area contributed by atoms with E-state index in [-0.39, 0.29) is 35.3 Å². The SMILES string of the molecule is CCC(C)[C@H](N=[N+]=[N-])C(=O)C[C@H](C[C@H](O[Si](CC)(CC)CC)c1nc(C(=O)OC)cs1)C(C)C. The number of esters is 1. The summed E-state index contributed by atoms with van der Waals surface area (Å²) in [6.45, 7) is 14.7. The van der Waals surface area contributed by atoms with Crippen molar-refractivity contribution >= 4 is 31.4 Å². The lowest BCUT2D eigenvalue weighted by Gasteiger charge is -2.35. The van der Waals surface area contributed by atoms with Gasteiger partial charge in [-0.2, -0.15) is 0 Å². The van der Waals surface area contributed by atoms with Crippen molar-refractivity contribution in [1.29, 1.82) is 0 Å².